The van der Waals surface area contributed by atoms with Crippen molar-refractivity contribution in [2.75, 3.05) is 19.5 Å². The largest absolute Gasteiger partial charge is 0.356 e. The number of aromatic nitrogens is 4. The van der Waals surface area contributed by atoms with Crippen LogP contribution in [0.3, 0.4) is 0 Å². The minimum atomic E-state index is -0.516. The van der Waals surface area contributed by atoms with Crippen molar-refractivity contribution in [3.63, 3.8) is 0 Å². The third-order valence-corrected chi connectivity index (χ3v) is 2.53. The van der Waals surface area contributed by atoms with Gasteiger partial charge >= 0.3 is 5.69 Å². The summed E-state index contributed by atoms with van der Waals surface area (Å²) in [6, 6.07) is 1.82. The number of rotatable bonds is 4. The predicted octanol–water partition coefficient (Wildman–Crippen LogP) is 1.08. The van der Waals surface area contributed by atoms with Crippen LogP contribution in [-0.4, -0.2) is 43.8 Å². The number of hydrazine groups is 1. The van der Waals surface area contributed by atoms with Gasteiger partial charge in [0.1, 0.15) is 6.33 Å². The number of hydrogen-bond donors (Lipinski definition) is 1. The Morgan fingerprint density at radius 2 is 2.05 bits per heavy atom. The van der Waals surface area contributed by atoms with Gasteiger partial charge in [-0.15, -0.1) is 0 Å². The second-order valence-corrected chi connectivity index (χ2v) is 4.50. The molecule has 0 aliphatic heterocycles. The van der Waals surface area contributed by atoms with Crippen molar-refractivity contribution in [2.24, 2.45) is 0 Å². The highest BCUT2D eigenvalue weighted by Gasteiger charge is 2.26. The minimum absolute atomic E-state index is 0.123. The zero-order chi connectivity index (χ0) is 14.9. The SMILES string of the molecule is Cc1cc(C)n(-c2ncnc(NN(C)C)c2[N+](=O)[O-])n1. The Morgan fingerprint density at radius 3 is 2.55 bits per heavy atom. The van der Waals surface area contributed by atoms with Gasteiger partial charge in [0.2, 0.25) is 11.6 Å². The number of nitrogens with zero attached hydrogens (tertiary/aromatic N) is 6. The summed E-state index contributed by atoms with van der Waals surface area (Å²) >= 11 is 0. The van der Waals surface area contributed by atoms with Crippen LogP contribution in [0.15, 0.2) is 12.4 Å². The molecule has 20 heavy (non-hydrogen) atoms. The molecule has 9 nitrogen and oxygen atoms in total. The van der Waals surface area contributed by atoms with E-state index in [1.54, 1.807) is 19.1 Å². The lowest BCUT2D eigenvalue weighted by Gasteiger charge is -2.13. The molecule has 106 valence electrons. The van der Waals surface area contributed by atoms with Gasteiger partial charge in [0.05, 0.1) is 10.6 Å². The van der Waals surface area contributed by atoms with Gasteiger partial charge in [-0.1, -0.05) is 0 Å². The molecule has 2 aromatic heterocycles. The van der Waals surface area contributed by atoms with Gasteiger partial charge in [-0.25, -0.2) is 19.7 Å². The maximum absolute atomic E-state index is 11.3. The highest BCUT2D eigenvalue weighted by molar-refractivity contribution is 5.63. The normalized spacial score (nSPS) is 10.8. The van der Waals surface area contributed by atoms with E-state index in [4.69, 9.17) is 0 Å². The lowest BCUT2D eigenvalue weighted by Crippen LogP contribution is -2.22. The van der Waals surface area contributed by atoms with Gasteiger partial charge in [0.15, 0.2) is 0 Å². The van der Waals surface area contributed by atoms with Gasteiger partial charge in [-0.05, 0) is 19.9 Å². The summed E-state index contributed by atoms with van der Waals surface area (Å²) in [4.78, 5) is 18.7. The van der Waals surface area contributed by atoms with Gasteiger partial charge in [0.25, 0.3) is 0 Å². The second kappa shape index (κ2) is 5.21. The number of nitro groups is 1. The summed E-state index contributed by atoms with van der Waals surface area (Å²) in [6.07, 6.45) is 1.27. The summed E-state index contributed by atoms with van der Waals surface area (Å²) in [5.41, 5.74) is 4.10. The molecule has 0 atom stereocenters. The number of anilines is 1. The van der Waals surface area contributed by atoms with Crippen LogP contribution in [0, 0.1) is 24.0 Å². The number of nitrogens with one attached hydrogen (secondary N) is 1. The molecular weight excluding hydrogens is 262 g/mol. The molecule has 0 bridgehead atoms. The summed E-state index contributed by atoms with van der Waals surface area (Å²) in [5, 5.41) is 17.1. The summed E-state index contributed by atoms with van der Waals surface area (Å²) in [6.45, 7) is 3.63. The van der Waals surface area contributed by atoms with Crippen LogP contribution < -0.4 is 5.43 Å². The first-order chi connectivity index (χ1) is 9.40. The Bertz CT molecular complexity index is 650. The molecule has 9 heteroatoms. The van der Waals surface area contributed by atoms with Crippen LogP contribution in [0.5, 0.6) is 0 Å². The van der Waals surface area contributed by atoms with E-state index >= 15 is 0 Å². The fraction of sp³-hybridized carbons (Fsp3) is 0.364. The molecular formula is C11H15N7O2. The first kappa shape index (κ1) is 13.9. The standard InChI is InChI=1S/C11H15N7O2/c1-7-5-8(2)17(14-7)11-9(18(19)20)10(12-6-13-11)15-16(3)4/h5-6H,1-4H3,(H,12,13,15). The molecule has 0 radical (unpaired) electrons. The van der Waals surface area contributed by atoms with Crippen LogP contribution in [0.1, 0.15) is 11.4 Å². The molecule has 0 saturated heterocycles. The molecule has 0 unspecified atom stereocenters. The zero-order valence-electron chi connectivity index (χ0n) is 11.7. The molecule has 0 fully saturated rings. The lowest BCUT2D eigenvalue weighted by atomic mass is 10.4. The highest BCUT2D eigenvalue weighted by Crippen LogP contribution is 2.28. The molecule has 0 spiro atoms. The zero-order valence-corrected chi connectivity index (χ0v) is 11.7. The molecule has 0 aliphatic carbocycles. The van der Waals surface area contributed by atoms with Crippen molar-refractivity contribution in [1.29, 1.82) is 0 Å². The van der Waals surface area contributed by atoms with Gasteiger partial charge in [-0.3, -0.25) is 15.5 Å². The van der Waals surface area contributed by atoms with Crippen molar-refractivity contribution in [3.8, 4) is 5.82 Å². The molecule has 0 aliphatic rings. The Morgan fingerprint density at radius 1 is 1.35 bits per heavy atom. The van der Waals surface area contributed by atoms with Crippen LogP contribution in [0.2, 0.25) is 0 Å². The van der Waals surface area contributed by atoms with E-state index in [0.29, 0.717) is 0 Å². The third kappa shape index (κ3) is 2.57. The van der Waals surface area contributed by atoms with Gasteiger partial charge < -0.3 is 0 Å². The monoisotopic (exact) mass is 277 g/mol. The fourth-order valence-corrected chi connectivity index (χ4v) is 1.83. The van der Waals surface area contributed by atoms with E-state index in [-0.39, 0.29) is 17.3 Å². The average Bonchev–Trinajstić information content (AvgIpc) is 2.67. The third-order valence-electron chi connectivity index (χ3n) is 2.53. The van der Waals surface area contributed by atoms with Crippen LogP contribution in [0.25, 0.3) is 5.82 Å². The van der Waals surface area contributed by atoms with E-state index in [1.807, 2.05) is 19.9 Å². The Hall–Kier alpha value is -2.55. The Balaban J connectivity index is 2.64. The van der Waals surface area contributed by atoms with E-state index in [0.717, 1.165) is 11.4 Å². The second-order valence-electron chi connectivity index (χ2n) is 4.50. The predicted molar refractivity (Wildman–Crippen MR) is 72.6 cm³/mol. The smallest absolute Gasteiger partial charge is 0.298 e. The molecule has 2 aromatic rings. The molecule has 2 heterocycles. The topological polar surface area (TPSA) is 102 Å². The van der Waals surface area contributed by atoms with Crippen molar-refractivity contribution in [2.45, 2.75) is 13.8 Å². The first-order valence-corrected chi connectivity index (χ1v) is 5.87. The van der Waals surface area contributed by atoms with E-state index in [1.165, 1.54) is 11.0 Å². The van der Waals surface area contributed by atoms with Gasteiger partial charge in [0, 0.05) is 19.8 Å². The maximum atomic E-state index is 11.3. The fourth-order valence-electron chi connectivity index (χ4n) is 1.83. The molecule has 2 rings (SSSR count). The van der Waals surface area contributed by atoms with Crippen molar-refractivity contribution in [3.05, 3.63) is 33.9 Å². The quantitative estimate of drug-likeness (QED) is 0.658. The highest BCUT2D eigenvalue weighted by atomic mass is 16.6. The molecule has 0 aromatic carbocycles. The van der Waals surface area contributed by atoms with E-state index in [2.05, 4.69) is 20.5 Å². The molecule has 0 saturated carbocycles. The van der Waals surface area contributed by atoms with Crippen molar-refractivity contribution in [1.82, 2.24) is 24.8 Å². The Labute approximate surface area is 115 Å². The average molecular weight is 277 g/mol. The lowest BCUT2D eigenvalue weighted by molar-refractivity contribution is -0.384. The summed E-state index contributed by atoms with van der Waals surface area (Å²) < 4.78 is 1.44. The van der Waals surface area contributed by atoms with Gasteiger partial charge in [-0.2, -0.15) is 5.10 Å². The molecule has 1 N–H and O–H groups in total. The first-order valence-electron chi connectivity index (χ1n) is 5.87. The minimum Gasteiger partial charge on any atom is -0.298 e. The van der Waals surface area contributed by atoms with Crippen molar-refractivity contribution >= 4 is 11.5 Å². The number of hydrogen-bond acceptors (Lipinski definition) is 7. The summed E-state index contributed by atoms with van der Waals surface area (Å²) in [7, 11) is 3.43. The van der Waals surface area contributed by atoms with E-state index < -0.39 is 4.92 Å². The van der Waals surface area contributed by atoms with Crippen LogP contribution in [-0.2, 0) is 0 Å². The number of aryl methyl sites for hydroxylation is 2. The van der Waals surface area contributed by atoms with Crippen molar-refractivity contribution < 1.29 is 4.92 Å². The van der Waals surface area contributed by atoms with E-state index in [9.17, 15) is 10.1 Å². The molecule has 0 amide bonds. The van der Waals surface area contributed by atoms with Crippen LogP contribution >= 0.6 is 0 Å². The maximum Gasteiger partial charge on any atom is 0.356 e. The van der Waals surface area contributed by atoms with Crippen LogP contribution in [0.4, 0.5) is 11.5 Å². The Kier molecular flexibility index (Phi) is 3.61. The summed E-state index contributed by atoms with van der Waals surface area (Å²) in [5.74, 6) is 0.262.